The lowest BCUT2D eigenvalue weighted by molar-refractivity contribution is 0.163. The SMILES string of the molecule is COc1cc(CN2CCCC(CNC(C)C)C2)ccc1O. The molecular weight excluding hydrogens is 264 g/mol. The lowest BCUT2D eigenvalue weighted by Gasteiger charge is -2.33. The fraction of sp³-hybridized carbons (Fsp3) is 0.647. The average molecular weight is 292 g/mol. The third-order valence-electron chi connectivity index (χ3n) is 4.07. The van der Waals surface area contributed by atoms with Crippen LogP contribution in [0.25, 0.3) is 0 Å². The van der Waals surface area contributed by atoms with E-state index < -0.39 is 0 Å². The third kappa shape index (κ3) is 4.90. The van der Waals surface area contributed by atoms with Crippen LogP contribution in [-0.2, 0) is 6.54 Å². The van der Waals surface area contributed by atoms with Gasteiger partial charge in [0.05, 0.1) is 7.11 Å². The molecule has 1 unspecified atom stereocenters. The van der Waals surface area contributed by atoms with Crippen LogP contribution in [0.2, 0.25) is 0 Å². The van der Waals surface area contributed by atoms with Crippen molar-refractivity contribution >= 4 is 0 Å². The van der Waals surface area contributed by atoms with Crippen molar-refractivity contribution in [3.8, 4) is 11.5 Å². The molecule has 21 heavy (non-hydrogen) atoms. The van der Waals surface area contributed by atoms with Gasteiger partial charge in [-0.1, -0.05) is 19.9 Å². The lowest BCUT2D eigenvalue weighted by atomic mass is 9.97. The van der Waals surface area contributed by atoms with Crippen LogP contribution in [0.4, 0.5) is 0 Å². The molecule has 1 saturated heterocycles. The van der Waals surface area contributed by atoms with Gasteiger partial charge in [0.25, 0.3) is 0 Å². The Morgan fingerprint density at radius 3 is 2.95 bits per heavy atom. The Hall–Kier alpha value is -1.26. The molecular formula is C17H28N2O2. The summed E-state index contributed by atoms with van der Waals surface area (Å²) in [6, 6.07) is 6.19. The van der Waals surface area contributed by atoms with Crippen molar-refractivity contribution in [3.05, 3.63) is 23.8 Å². The van der Waals surface area contributed by atoms with Crippen LogP contribution in [0.15, 0.2) is 18.2 Å². The fourth-order valence-corrected chi connectivity index (χ4v) is 2.94. The molecule has 4 heteroatoms. The minimum atomic E-state index is 0.207. The maximum Gasteiger partial charge on any atom is 0.160 e. The zero-order valence-electron chi connectivity index (χ0n) is 13.4. The van der Waals surface area contributed by atoms with Gasteiger partial charge >= 0.3 is 0 Å². The zero-order chi connectivity index (χ0) is 15.2. The predicted molar refractivity (Wildman–Crippen MR) is 85.8 cm³/mol. The quantitative estimate of drug-likeness (QED) is 0.846. The summed E-state index contributed by atoms with van der Waals surface area (Å²) in [5, 5.41) is 13.2. The number of methoxy groups -OCH3 is 1. The van der Waals surface area contributed by atoms with Crippen LogP contribution in [0.3, 0.4) is 0 Å². The van der Waals surface area contributed by atoms with Gasteiger partial charge in [0, 0.05) is 19.1 Å². The van der Waals surface area contributed by atoms with E-state index in [4.69, 9.17) is 4.74 Å². The molecule has 0 bridgehead atoms. The third-order valence-corrected chi connectivity index (χ3v) is 4.07. The number of hydrogen-bond acceptors (Lipinski definition) is 4. The van der Waals surface area contributed by atoms with Crippen molar-refractivity contribution in [2.45, 2.75) is 39.3 Å². The highest BCUT2D eigenvalue weighted by Crippen LogP contribution is 2.27. The van der Waals surface area contributed by atoms with E-state index in [-0.39, 0.29) is 5.75 Å². The smallest absolute Gasteiger partial charge is 0.160 e. The van der Waals surface area contributed by atoms with Gasteiger partial charge in [-0.2, -0.15) is 0 Å². The number of aromatic hydroxyl groups is 1. The number of benzene rings is 1. The second kappa shape index (κ2) is 7.66. The van der Waals surface area contributed by atoms with E-state index in [1.807, 2.05) is 12.1 Å². The Morgan fingerprint density at radius 1 is 1.43 bits per heavy atom. The van der Waals surface area contributed by atoms with Gasteiger partial charge in [-0.15, -0.1) is 0 Å². The van der Waals surface area contributed by atoms with Gasteiger partial charge < -0.3 is 15.2 Å². The Kier molecular flexibility index (Phi) is 5.88. The van der Waals surface area contributed by atoms with Crippen molar-refractivity contribution < 1.29 is 9.84 Å². The van der Waals surface area contributed by atoms with E-state index in [1.165, 1.54) is 18.4 Å². The molecule has 0 saturated carbocycles. The predicted octanol–water partition coefficient (Wildman–Crippen LogP) is 2.61. The second-order valence-electron chi connectivity index (χ2n) is 6.31. The van der Waals surface area contributed by atoms with Crippen LogP contribution >= 0.6 is 0 Å². The van der Waals surface area contributed by atoms with E-state index in [0.29, 0.717) is 11.8 Å². The molecule has 1 fully saturated rings. The van der Waals surface area contributed by atoms with Gasteiger partial charge in [0.15, 0.2) is 11.5 Å². The number of nitrogens with zero attached hydrogens (tertiary/aromatic N) is 1. The summed E-state index contributed by atoms with van der Waals surface area (Å²) in [6.07, 6.45) is 2.58. The first-order chi connectivity index (χ1) is 10.1. The molecule has 2 rings (SSSR count). The molecule has 4 nitrogen and oxygen atoms in total. The largest absolute Gasteiger partial charge is 0.504 e. The second-order valence-corrected chi connectivity index (χ2v) is 6.31. The monoisotopic (exact) mass is 292 g/mol. The number of phenolic OH excluding ortho intramolecular Hbond substituents is 1. The van der Waals surface area contributed by atoms with Crippen molar-refractivity contribution in [1.29, 1.82) is 0 Å². The summed E-state index contributed by atoms with van der Waals surface area (Å²) in [4.78, 5) is 2.50. The summed E-state index contributed by atoms with van der Waals surface area (Å²) in [5.41, 5.74) is 1.20. The average Bonchev–Trinajstić information content (AvgIpc) is 2.47. The first-order valence-electron chi connectivity index (χ1n) is 7.90. The molecule has 0 amide bonds. The number of piperidine rings is 1. The van der Waals surface area contributed by atoms with Gasteiger partial charge in [-0.25, -0.2) is 0 Å². The highest BCUT2D eigenvalue weighted by Gasteiger charge is 2.20. The maximum absolute atomic E-state index is 9.66. The van der Waals surface area contributed by atoms with Crippen molar-refractivity contribution in [1.82, 2.24) is 10.2 Å². The zero-order valence-corrected chi connectivity index (χ0v) is 13.4. The normalized spacial score (nSPS) is 19.9. The molecule has 118 valence electrons. The highest BCUT2D eigenvalue weighted by molar-refractivity contribution is 5.41. The van der Waals surface area contributed by atoms with Crippen LogP contribution in [0.5, 0.6) is 11.5 Å². The van der Waals surface area contributed by atoms with E-state index >= 15 is 0 Å². The van der Waals surface area contributed by atoms with Crippen LogP contribution in [0.1, 0.15) is 32.3 Å². The van der Waals surface area contributed by atoms with Gasteiger partial charge in [-0.3, -0.25) is 4.90 Å². The minimum Gasteiger partial charge on any atom is -0.504 e. The molecule has 2 N–H and O–H groups in total. The van der Waals surface area contributed by atoms with Crippen LogP contribution in [0, 0.1) is 5.92 Å². The fourth-order valence-electron chi connectivity index (χ4n) is 2.94. The summed E-state index contributed by atoms with van der Waals surface area (Å²) < 4.78 is 5.18. The summed E-state index contributed by atoms with van der Waals surface area (Å²) in [6.45, 7) is 8.72. The van der Waals surface area contributed by atoms with E-state index in [1.54, 1.807) is 13.2 Å². The number of ether oxygens (including phenoxy) is 1. The first kappa shape index (κ1) is 16.1. The summed E-state index contributed by atoms with van der Waals surface area (Å²) >= 11 is 0. The van der Waals surface area contributed by atoms with Gasteiger partial charge in [-0.05, 0) is 49.5 Å². The molecule has 1 atom stereocenters. The molecule has 0 aromatic heterocycles. The van der Waals surface area contributed by atoms with Crippen LogP contribution in [-0.4, -0.2) is 42.8 Å². The summed E-state index contributed by atoms with van der Waals surface area (Å²) in [7, 11) is 1.59. The number of rotatable bonds is 6. The highest BCUT2D eigenvalue weighted by atomic mass is 16.5. The van der Waals surface area contributed by atoms with Crippen molar-refractivity contribution in [2.75, 3.05) is 26.7 Å². The number of nitrogens with one attached hydrogen (secondary N) is 1. The molecule has 1 aromatic rings. The molecule has 0 radical (unpaired) electrons. The van der Waals surface area contributed by atoms with E-state index in [9.17, 15) is 5.11 Å². The first-order valence-corrected chi connectivity index (χ1v) is 7.90. The Bertz CT molecular complexity index is 448. The molecule has 1 aliphatic heterocycles. The Morgan fingerprint density at radius 2 is 2.24 bits per heavy atom. The minimum absolute atomic E-state index is 0.207. The maximum atomic E-state index is 9.66. The van der Waals surface area contributed by atoms with E-state index in [2.05, 4.69) is 24.1 Å². The van der Waals surface area contributed by atoms with Crippen molar-refractivity contribution in [3.63, 3.8) is 0 Å². The van der Waals surface area contributed by atoms with Crippen LogP contribution < -0.4 is 10.1 Å². The number of hydrogen-bond donors (Lipinski definition) is 2. The lowest BCUT2D eigenvalue weighted by Crippen LogP contribution is -2.40. The summed E-state index contributed by atoms with van der Waals surface area (Å²) in [5.74, 6) is 1.50. The topological polar surface area (TPSA) is 44.7 Å². The molecule has 1 aromatic carbocycles. The van der Waals surface area contributed by atoms with Crippen molar-refractivity contribution in [2.24, 2.45) is 5.92 Å². The molecule has 0 spiro atoms. The number of likely N-dealkylation sites (tertiary alicyclic amines) is 1. The van der Waals surface area contributed by atoms with Gasteiger partial charge in [0.2, 0.25) is 0 Å². The van der Waals surface area contributed by atoms with Gasteiger partial charge in [0.1, 0.15) is 0 Å². The number of phenols is 1. The molecule has 1 heterocycles. The Labute approximate surface area is 128 Å². The standard InChI is InChI=1S/C17H28N2O2/c1-13(2)18-10-15-5-4-8-19(12-15)11-14-6-7-16(20)17(9-14)21-3/h6-7,9,13,15,18,20H,4-5,8,10-12H2,1-3H3. The molecule has 0 aliphatic carbocycles. The Balaban J connectivity index is 1.90. The molecule has 1 aliphatic rings. The van der Waals surface area contributed by atoms with E-state index in [0.717, 1.165) is 32.1 Å².